The zero-order valence-corrected chi connectivity index (χ0v) is 12.3. The van der Waals surface area contributed by atoms with E-state index in [9.17, 15) is 9.18 Å². The molecular weight excluding hydrogens is 295 g/mol. The smallest absolute Gasteiger partial charge is 0.253 e. The molecule has 0 aliphatic heterocycles. The minimum absolute atomic E-state index is 0.0475. The average molecular weight is 311 g/mol. The van der Waals surface area contributed by atoms with Gasteiger partial charge in [0.1, 0.15) is 5.82 Å². The molecule has 2 aromatic rings. The summed E-state index contributed by atoms with van der Waals surface area (Å²) >= 11 is 5.74. The van der Waals surface area contributed by atoms with Gasteiger partial charge in [-0.05, 0) is 24.1 Å². The molecule has 7 heteroatoms. The SMILES string of the molecule is C[C@@H](CNC(=O)c1cc(Cl)cc(F)c1N)Cn1cccn1. The Morgan fingerprint density at radius 1 is 1.57 bits per heavy atom. The van der Waals surface area contributed by atoms with Crippen molar-refractivity contribution >= 4 is 23.2 Å². The van der Waals surface area contributed by atoms with Crippen molar-refractivity contribution in [1.82, 2.24) is 15.1 Å². The normalized spacial score (nSPS) is 12.1. The summed E-state index contributed by atoms with van der Waals surface area (Å²) in [6, 6.07) is 4.27. The molecule has 0 spiro atoms. The summed E-state index contributed by atoms with van der Waals surface area (Å²) in [6.07, 6.45) is 3.55. The maximum atomic E-state index is 13.5. The molecule has 3 N–H and O–H groups in total. The number of benzene rings is 1. The number of nitrogen functional groups attached to an aromatic ring is 1. The van der Waals surface area contributed by atoms with E-state index in [-0.39, 0.29) is 22.2 Å². The number of anilines is 1. The van der Waals surface area contributed by atoms with Gasteiger partial charge in [0.05, 0.1) is 11.3 Å². The van der Waals surface area contributed by atoms with Crippen LogP contribution in [0.15, 0.2) is 30.6 Å². The lowest BCUT2D eigenvalue weighted by atomic mass is 10.1. The van der Waals surface area contributed by atoms with Gasteiger partial charge >= 0.3 is 0 Å². The Morgan fingerprint density at radius 3 is 3.00 bits per heavy atom. The lowest BCUT2D eigenvalue weighted by molar-refractivity contribution is 0.0947. The van der Waals surface area contributed by atoms with Gasteiger partial charge in [-0.3, -0.25) is 9.48 Å². The van der Waals surface area contributed by atoms with Gasteiger partial charge in [0, 0.05) is 30.5 Å². The molecule has 0 aliphatic carbocycles. The van der Waals surface area contributed by atoms with Gasteiger partial charge in [0.25, 0.3) is 5.91 Å². The lowest BCUT2D eigenvalue weighted by Crippen LogP contribution is -2.30. The molecule has 1 atom stereocenters. The Balaban J connectivity index is 1.96. The van der Waals surface area contributed by atoms with Gasteiger partial charge in [0.2, 0.25) is 0 Å². The molecule has 112 valence electrons. The summed E-state index contributed by atoms with van der Waals surface area (Å²) in [5.41, 5.74) is 5.41. The summed E-state index contributed by atoms with van der Waals surface area (Å²) in [5, 5.41) is 6.95. The molecule has 1 amide bonds. The van der Waals surface area contributed by atoms with Crippen LogP contribution in [0.4, 0.5) is 10.1 Å². The number of hydrogen-bond acceptors (Lipinski definition) is 3. The highest BCUT2D eigenvalue weighted by Gasteiger charge is 2.15. The highest BCUT2D eigenvalue weighted by atomic mass is 35.5. The Labute approximate surface area is 126 Å². The highest BCUT2D eigenvalue weighted by Crippen LogP contribution is 2.22. The molecule has 0 saturated carbocycles. The fraction of sp³-hybridized carbons (Fsp3) is 0.286. The van der Waals surface area contributed by atoms with E-state index in [1.54, 1.807) is 10.9 Å². The molecule has 1 aromatic carbocycles. The second-order valence-corrected chi connectivity index (χ2v) is 5.33. The van der Waals surface area contributed by atoms with Crippen LogP contribution in [0.5, 0.6) is 0 Å². The third-order valence-corrected chi connectivity index (χ3v) is 3.23. The van der Waals surface area contributed by atoms with Crippen LogP contribution in [0.25, 0.3) is 0 Å². The van der Waals surface area contributed by atoms with Crippen molar-refractivity contribution in [3.8, 4) is 0 Å². The number of amides is 1. The van der Waals surface area contributed by atoms with Gasteiger partial charge in [-0.15, -0.1) is 0 Å². The number of aromatic nitrogens is 2. The van der Waals surface area contributed by atoms with Crippen LogP contribution in [0.2, 0.25) is 5.02 Å². The van der Waals surface area contributed by atoms with Gasteiger partial charge in [-0.2, -0.15) is 5.10 Å². The van der Waals surface area contributed by atoms with Crippen LogP contribution >= 0.6 is 11.6 Å². The molecule has 1 heterocycles. The lowest BCUT2D eigenvalue weighted by Gasteiger charge is -2.14. The molecule has 0 aliphatic rings. The summed E-state index contributed by atoms with van der Waals surface area (Å²) in [6.45, 7) is 3.07. The molecular formula is C14H16ClFN4O. The number of nitrogens with two attached hydrogens (primary N) is 1. The Kier molecular flexibility index (Phi) is 4.80. The maximum absolute atomic E-state index is 13.5. The molecule has 0 unspecified atom stereocenters. The first-order valence-corrected chi connectivity index (χ1v) is 6.85. The maximum Gasteiger partial charge on any atom is 0.253 e. The zero-order chi connectivity index (χ0) is 15.4. The van der Waals surface area contributed by atoms with Gasteiger partial charge in [-0.25, -0.2) is 4.39 Å². The molecule has 0 saturated heterocycles. The van der Waals surface area contributed by atoms with Crippen LogP contribution in [0.3, 0.4) is 0 Å². The zero-order valence-electron chi connectivity index (χ0n) is 11.5. The number of nitrogens with one attached hydrogen (secondary N) is 1. The Morgan fingerprint density at radius 2 is 2.33 bits per heavy atom. The molecule has 5 nitrogen and oxygen atoms in total. The standard InChI is InChI=1S/C14H16ClFN4O/c1-9(8-20-4-2-3-19-20)7-18-14(21)11-5-10(15)6-12(16)13(11)17/h2-6,9H,7-8,17H2,1H3,(H,18,21)/t9-/m0/s1. The highest BCUT2D eigenvalue weighted by molar-refractivity contribution is 6.31. The van der Waals surface area contributed by atoms with Crippen molar-refractivity contribution in [2.24, 2.45) is 5.92 Å². The molecule has 21 heavy (non-hydrogen) atoms. The van der Waals surface area contributed by atoms with E-state index >= 15 is 0 Å². The van der Waals surface area contributed by atoms with Crippen LogP contribution in [0.1, 0.15) is 17.3 Å². The third-order valence-electron chi connectivity index (χ3n) is 3.01. The first kappa shape index (κ1) is 15.3. The average Bonchev–Trinajstić information content (AvgIpc) is 2.93. The molecule has 0 fully saturated rings. The second-order valence-electron chi connectivity index (χ2n) is 4.89. The van der Waals surface area contributed by atoms with E-state index in [1.807, 2.05) is 19.2 Å². The van der Waals surface area contributed by atoms with Crippen molar-refractivity contribution in [3.63, 3.8) is 0 Å². The monoisotopic (exact) mass is 310 g/mol. The molecule has 0 bridgehead atoms. The van der Waals surface area contributed by atoms with E-state index in [0.717, 1.165) is 6.07 Å². The minimum atomic E-state index is -0.697. The predicted octanol–water partition coefficient (Wildman–Crippen LogP) is 2.32. The number of halogens is 2. The van der Waals surface area contributed by atoms with E-state index in [2.05, 4.69) is 10.4 Å². The number of carbonyl (C=O) groups is 1. The first-order chi connectivity index (χ1) is 9.97. The van der Waals surface area contributed by atoms with Crippen LogP contribution in [-0.2, 0) is 6.54 Å². The summed E-state index contributed by atoms with van der Waals surface area (Å²) in [7, 11) is 0. The van der Waals surface area contributed by atoms with E-state index in [1.165, 1.54) is 6.07 Å². The van der Waals surface area contributed by atoms with Crippen molar-refractivity contribution in [2.75, 3.05) is 12.3 Å². The van der Waals surface area contributed by atoms with Crippen molar-refractivity contribution in [3.05, 3.63) is 47.0 Å². The van der Waals surface area contributed by atoms with E-state index in [0.29, 0.717) is 13.1 Å². The second kappa shape index (κ2) is 6.58. The third kappa shape index (κ3) is 3.95. The predicted molar refractivity (Wildman–Crippen MR) is 79.5 cm³/mol. The number of rotatable bonds is 5. The summed E-state index contributed by atoms with van der Waals surface area (Å²) < 4.78 is 15.2. The summed E-state index contributed by atoms with van der Waals surface area (Å²) in [4.78, 5) is 12.0. The number of hydrogen-bond donors (Lipinski definition) is 2. The van der Waals surface area contributed by atoms with Crippen LogP contribution in [-0.4, -0.2) is 22.2 Å². The Bertz CT molecular complexity index is 630. The van der Waals surface area contributed by atoms with Gasteiger partial charge in [-0.1, -0.05) is 18.5 Å². The minimum Gasteiger partial charge on any atom is -0.396 e. The van der Waals surface area contributed by atoms with Crippen LogP contribution < -0.4 is 11.1 Å². The molecule has 0 radical (unpaired) electrons. The summed E-state index contributed by atoms with van der Waals surface area (Å²) in [5.74, 6) is -0.974. The largest absolute Gasteiger partial charge is 0.396 e. The van der Waals surface area contributed by atoms with E-state index < -0.39 is 11.7 Å². The first-order valence-electron chi connectivity index (χ1n) is 6.47. The number of nitrogens with zero attached hydrogens (tertiary/aromatic N) is 2. The molecule has 1 aromatic heterocycles. The van der Waals surface area contributed by atoms with Crippen molar-refractivity contribution < 1.29 is 9.18 Å². The van der Waals surface area contributed by atoms with Crippen molar-refractivity contribution in [1.29, 1.82) is 0 Å². The van der Waals surface area contributed by atoms with E-state index in [4.69, 9.17) is 17.3 Å². The van der Waals surface area contributed by atoms with Gasteiger partial charge < -0.3 is 11.1 Å². The molecule has 2 rings (SSSR count). The fourth-order valence-corrected chi connectivity index (χ4v) is 2.13. The fourth-order valence-electron chi connectivity index (χ4n) is 1.93. The number of carbonyl (C=O) groups excluding carboxylic acids is 1. The topological polar surface area (TPSA) is 72.9 Å². The van der Waals surface area contributed by atoms with Gasteiger partial charge in [0.15, 0.2) is 0 Å². The Hall–Kier alpha value is -2.08. The quantitative estimate of drug-likeness (QED) is 0.832. The van der Waals surface area contributed by atoms with Crippen molar-refractivity contribution in [2.45, 2.75) is 13.5 Å². The van der Waals surface area contributed by atoms with Crippen LogP contribution in [0, 0.1) is 11.7 Å².